The highest BCUT2D eigenvalue weighted by atomic mass is 35.5. The van der Waals surface area contributed by atoms with E-state index in [1.54, 1.807) is 0 Å². The number of amides is 1. The van der Waals surface area contributed by atoms with Gasteiger partial charge in [-0.3, -0.25) is 9.48 Å². The third-order valence-electron chi connectivity index (χ3n) is 6.41. The second kappa shape index (κ2) is 8.66. The molecule has 4 rings (SSSR count). The largest absolute Gasteiger partial charge is 0.342 e. The van der Waals surface area contributed by atoms with Crippen molar-refractivity contribution in [3.05, 3.63) is 53.9 Å². The van der Waals surface area contributed by atoms with Gasteiger partial charge in [0.1, 0.15) is 0 Å². The molecule has 6 heteroatoms. The fraction of sp³-hybridized carbons (Fsp3) is 0.545. The van der Waals surface area contributed by atoms with Crippen LogP contribution in [0.1, 0.15) is 36.8 Å². The number of aromatic nitrogens is 2. The van der Waals surface area contributed by atoms with E-state index < -0.39 is 0 Å². The number of nitrogens with one attached hydrogen (secondary N) is 1. The predicted molar refractivity (Wildman–Crippen MR) is 114 cm³/mol. The lowest BCUT2D eigenvalue weighted by Crippen LogP contribution is -2.38. The molecule has 2 aliphatic rings. The molecule has 2 fully saturated rings. The van der Waals surface area contributed by atoms with Gasteiger partial charge in [0.2, 0.25) is 5.91 Å². The Balaban J connectivity index is 0.00000225. The lowest BCUT2D eigenvalue weighted by atomic mass is 9.83. The Morgan fingerprint density at radius 2 is 2.07 bits per heavy atom. The molecule has 0 radical (unpaired) electrons. The van der Waals surface area contributed by atoms with E-state index in [4.69, 9.17) is 0 Å². The van der Waals surface area contributed by atoms with Crippen molar-refractivity contribution in [3.8, 4) is 0 Å². The number of hydrogen-bond donors (Lipinski definition) is 1. The molecule has 2 saturated heterocycles. The van der Waals surface area contributed by atoms with Gasteiger partial charge in [0.15, 0.2) is 0 Å². The maximum atomic E-state index is 13.3. The maximum Gasteiger partial charge on any atom is 0.227 e. The number of likely N-dealkylation sites (tertiary alicyclic amines) is 1. The van der Waals surface area contributed by atoms with E-state index in [0.717, 1.165) is 45.4 Å². The first-order valence-electron chi connectivity index (χ1n) is 10.1. The molecule has 1 unspecified atom stereocenters. The molecule has 3 heterocycles. The third kappa shape index (κ3) is 4.41. The van der Waals surface area contributed by atoms with Gasteiger partial charge >= 0.3 is 0 Å². The molecule has 2 aromatic rings. The van der Waals surface area contributed by atoms with Gasteiger partial charge in [-0.05, 0) is 35.8 Å². The average molecular weight is 403 g/mol. The lowest BCUT2D eigenvalue weighted by Gasteiger charge is -2.27. The van der Waals surface area contributed by atoms with Crippen molar-refractivity contribution in [2.45, 2.75) is 32.1 Å². The van der Waals surface area contributed by atoms with E-state index in [0.29, 0.717) is 5.91 Å². The van der Waals surface area contributed by atoms with Gasteiger partial charge in [0.05, 0.1) is 12.1 Å². The van der Waals surface area contributed by atoms with Crippen LogP contribution in [0.2, 0.25) is 0 Å². The number of nitrogens with zero attached hydrogens (tertiary/aromatic N) is 3. The molecule has 0 bridgehead atoms. The Morgan fingerprint density at radius 3 is 2.79 bits per heavy atom. The second-order valence-electron chi connectivity index (χ2n) is 8.62. The first-order chi connectivity index (χ1) is 13.0. The van der Waals surface area contributed by atoms with Crippen LogP contribution in [-0.4, -0.2) is 46.8 Å². The molecule has 152 valence electrons. The molecular formula is C22H31ClN4O. The topological polar surface area (TPSA) is 50.2 Å². The van der Waals surface area contributed by atoms with Crippen LogP contribution in [0.15, 0.2) is 42.7 Å². The zero-order valence-electron chi connectivity index (χ0n) is 16.8. The van der Waals surface area contributed by atoms with Crippen molar-refractivity contribution >= 4 is 18.3 Å². The first kappa shape index (κ1) is 20.9. The maximum absolute atomic E-state index is 13.3. The summed E-state index contributed by atoms with van der Waals surface area (Å²) in [6.45, 7) is 5.75. The smallest absolute Gasteiger partial charge is 0.227 e. The van der Waals surface area contributed by atoms with Gasteiger partial charge in [0.25, 0.3) is 0 Å². The summed E-state index contributed by atoms with van der Waals surface area (Å²) in [5.74, 6) is 0.588. The lowest BCUT2D eigenvalue weighted by molar-refractivity contribution is -0.134. The summed E-state index contributed by atoms with van der Waals surface area (Å²) < 4.78 is 1.83. The molecule has 0 saturated carbocycles. The number of carbonyl (C=O) groups is 1. The van der Waals surface area contributed by atoms with Gasteiger partial charge in [0, 0.05) is 45.3 Å². The normalized spacial score (nSPS) is 27.0. The van der Waals surface area contributed by atoms with Gasteiger partial charge in [-0.15, -0.1) is 12.4 Å². The molecule has 0 aliphatic carbocycles. The molecular weight excluding hydrogens is 372 g/mol. The SMILES string of the molecule is Cl.Cn1cc([C@H]2CNC[C@@H]2C(=O)N2CCC(C)(CCc3ccccc3)C2)cn1. The third-order valence-corrected chi connectivity index (χ3v) is 6.41. The Bertz CT molecular complexity index is 793. The zero-order valence-corrected chi connectivity index (χ0v) is 17.6. The Labute approximate surface area is 173 Å². The second-order valence-corrected chi connectivity index (χ2v) is 8.62. The average Bonchev–Trinajstić information content (AvgIpc) is 3.40. The molecule has 2 aliphatic heterocycles. The standard InChI is InChI=1S/C22H30N4O.ClH/c1-22(9-8-17-6-4-3-5-7-17)10-11-26(16-22)21(27)20-14-23-13-19(20)18-12-24-25(2)15-18;/h3-7,12,15,19-20,23H,8-11,13-14,16H2,1-2H3;1H/t19-,20+,22?;/m1./s1. The van der Waals surface area contributed by atoms with E-state index in [9.17, 15) is 4.79 Å². The fourth-order valence-corrected chi connectivity index (χ4v) is 4.66. The fourth-order valence-electron chi connectivity index (χ4n) is 4.66. The molecule has 28 heavy (non-hydrogen) atoms. The van der Waals surface area contributed by atoms with Crippen molar-refractivity contribution in [2.75, 3.05) is 26.2 Å². The zero-order chi connectivity index (χ0) is 18.9. The van der Waals surface area contributed by atoms with E-state index in [-0.39, 0.29) is 29.7 Å². The van der Waals surface area contributed by atoms with Crippen LogP contribution < -0.4 is 5.32 Å². The number of halogens is 1. The van der Waals surface area contributed by atoms with E-state index in [1.807, 2.05) is 24.1 Å². The molecule has 1 amide bonds. The van der Waals surface area contributed by atoms with Gasteiger partial charge < -0.3 is 10.2 Å². The highest BCUT2D eigenvalue weighted by molar-refractivity contribution is 5.85. The molecule has 1 aromatic heterocycles. The van der Waals surface area contributed by atoms with Crippen molar-refractivity contribution in [2.24, 2.45) is 18.4 Å². The number of aryl methyl sites for hydroxylation is 2. The summed E-state index contributed by atoms with van der Waals surface area (Å²) >= 11 is 0. The number of benzene rings is 1. The van der Waals surface area contributed by atoms with E-state index >= 15 is 0 Å². The highest BCUT2D eigenvalue weighted by Crippen LogP contribution is 2.37. The number of carbonyl (C=O) groups excluding carboxylic acids is 1. The summed E-state index contributed by atoms with van der Waals surface area (Å²) in [5, 5.41) is 7.71. The number of hydrogen-bond acceptors (Lipinski definition) is 3. The van der Waals surface area contributed by atoms with Crippen LogP contribution in [0.5, 0.6) is 0 Å². The summed E-state index contributed by atoms with van der Waals surface area (Å²) in [6, 6.07) is 10.7. The van der Waals surface area contributed by atoms with Crippen LogP contribution in [0.3, 0.4) is 0 Å². The molecule has 0 spiro atoms. The summed E-state index contributed by atoms with van der Waals surface area (Å²) in [5.41, 5.74) is 2.79. The minimum Gasteiger partial charge on any atom is -0.342 e. The minimum atomic E-state index is 0. The van der Waals surface area contributed by atoms with Crippen LogP contribution in [-0.2, 0) is 18.3 Å². The summed E-state index contributed by atoms with van der Waals surface area (Å²) in [7, 11) is 1.93. The van der Waals surface area contributed by atoms with E-state index in [2.05, 4.69) is 52.6 Å². The first-order valence-corrected chi connectivity index (χ1v) is 10.1. The summed E-state index contributed by atoms with van der Waals surface area (Å²) in [4.78, 5) is 15.4. The van der Waals surface area contributed by atoms with Crippen LogP contribution in [0.4, 0.5) is 0 Å². The van der Waals surface area contributed by atoms with Gasteiger partial charge in [-0.2, -0.15) is 5.10 Å². The minimum absolute atomic E-state index is 0. The quantitative estimate of drug-likeness (QED) is 0.836. The van der Waals surface area contributed by atoms with Crippen LogP contribution in [0.25, 0.3) is 0 Å². The van der Waals surface area contributed by atoms with Crippen LogP contribution >= 0.6 is 12.4 Å². The Kier molecular flexibility index (Phi) is 6.46. The Morgan fingerprint density at radius 1 is 1.29 bits per heavy atom. The van der Waals surface area contributed by atoms with Crippen molar-refractivity contribution in [1.82, 2.24) is 20.0 Å². The summed E-state index contributed by atoms with van der Waals surface area (Å²) in [6.07, 6.45) is 7.28. The van der Waals surface area contributed by atoms with Crippen LogP contribution in [0, 0.1) is 11.3 Å². The molecule has 5 nitrogen and oxygen atoms in total. The van der Waals surface area contributed by atoms with Gasteiger partial charge in [-0.25, -0.2) is 0 Å². The molecule has 1 aromatic carbocycles. The Hall–Kier alpha value is -1.85. The van der Waals surface area contributed by atoms with Crippen molar-refractivity contribution in [3.63, 3.8) is 0 Å². The number of rotatable bonds is 5. The monoisotopic (exact) mass is 402 g/mol. The van der Waals surface area contributed by atoms with E-state index in [1.165, 1.54) is 11.1 Å². The van der Waals surface area contributed by atoms with Crippen molar-refractivity contribution < 1.29 is 4.79 Å². The van der Waals surface area contributed by atoms with Crippen molar-refractivity contribution in [1.29, 1.82) is 0 Å². The molecule has 1 N–H and O–H groups in total. The predicted octanol–water partition coefficient (Wildman–Crippen LogP) is 3.02. The molecule has 3 atom stereocenters. The highest BCUT2D eigenvalue weighted by Gasteiger charge is 2.42. The van der Waals surface area contributed by atoms with Gasteiger partial charge in [-0.1, -0.05) is 37.3 Å².